The lowest BCUT2D eigenvalue weighted by atomic mass is 10.1. The van der Waals surface area contributed by atoms with E-state index in [1.165, 1.54) is 0 Å². The number of nitrogens with zero attached hydrogens (tertiary/aromatic N) is 1. The Morgan fingerprint density at radius 1 is 1.50 bits per heavy atom. The molecule has 0 bridgehead atoms. The summed E-state index contributed by atoms with van der Waals surface area (Å²) in [4.78, 5) is 21.7. The summed E-state index contributed by atoms with van der Waals surface area (Å²) in [6.07, 6.45) is 0. The monoisotopic (exact) mass is 193 g/mol. The third-order valence-electron chi connectivity index (χ3n) is 1.90. The lowest BCUT2D eigenvalue weighted by molar-refractivity contribution is 0.0525. The predicted octanol–water partition coefficient (Wildman–Crippen LogP) is 2.57. The van der Waals surface area contributed by atoms with Crippen LogP contribution in [0.25, 0.3) is 0 Å². The van der Waals surface area contributed by atoms with Crippen molar-refractivity contribution in [3.8, 4) is 0 Å². The van der Waals surface area contributed by atoms with Crippen molar-refractivity contribution < 1.29 is 9.53 Å². The lowest BCUT2D eigenvalue weighted by Crippen LogP contribution is -2.06. The molecule has 14 heavy (non-hydrogen) atoms. The summed E-state index contributed by atoms with van der Waals surface area (Å²) in [5.41, 5.74) is 1.22. The molecule has 0 atom stereocenters. The highest BCUT2D eigenvalue weighted by atomic mass is 16.5. The smallest absolute Gasteiger partial charge is 0.338 e. The van der Waals surface area contributed by atoms with Crippen LogP contribution in [0.5, 0.6) is 0 Å². The Bertz CT molecular complexity index is 360. The maximum absolute atomic E-state index is 11.4. The van der Waals surface area contributed by atoms with E-state index in [1.54, 1.807) is 32.0 Å². The quantitative estimate of drug-likeness (QED) is 0.547. The van der Waals surface area contributed by atoms with Crippen LogP contribution in [0.1, 0.15) is 22.8 Å². The number of hydrogen-bond donors (Lipinski definition) is 0. The van der Waals surface area contributed by atoms with Gasteiger partial charge in [0.1, 0.15) is 5.69 Å². The van der Waals surface area contributed by atoms with Gasteiger partial charge < -0.3 is 4.74 Å². The zero-order valence-corrected chi connectivity index (χ0v) is 8.11. The number of nitroso groups, excluding NO2 is 1. The molecular weight excluding hydrogens is 182 g/mol. The fraction of sp³-hybridized carbons (Fsp3) is 0.300. The van der Waals surface area contributed by atoms with Gasteiger partial charge in [0.25, 0.3) is 0 Å². The van der Waals surface area contributed by atoms with Gasteiger partial charge >= 0.3 is 5.97 Å². The molecule has 0 spiro atoms. The number of benzene rings is 1. The van der Waals surface area contributed by atoms with Crippen molar-refractivity contribution in [1.82, 2.24) is 0 Å². The van der Waals surface area contributed by atoms with Crippen LogP contribution < -0.4 is 0 Å². The van der Waals surface area contributed by atoms with Gasteiger partial charge in [-0.25, -0.2) is 4.79 Å². The zero-order valence-electron chi connectivity index (χ0n) is 8.11. The maximum Gasteiger partial charge on any atom is 0.338 e. The third kappa shape index (κ3) is 1.96. The van der Waals surface area contributed by atoms with E-state index in [2.05, 4.69) is 5.18 Å². The molecule has 0 saturated carbocycles. The normalized spacial score (nSPS) is 9.57. The Hall–Kier alpha value is -1.71. The molecular formula is C10H11NO3. The van der Waals surface area contributed by atoms with E-state index in [0.717, 1.165) is 0 Å². The zero-order chi connectivity index (χ0) is 10.6. The van der Waals surface area contributed by atoms with E-state index >= 15 is 0 Å². The molecule has 1 aromatic rings. The Morgan fingerprint density at radius 3 is 2.79 bits per heavy atom. The largest absolute Gasteiger partial charge is 0.462 e. The van der Waals surface area contributed by atoms with Crippen LogP contribution in [-0.2, 0) is 4.74 Å². The van der Waals surface area contributed by atoms with Gasteiger partial charge in [0.2, 0.25) is 0 Å². The van der Waals surface area contributed by atoms with Crippen LogP contribution in [0.3, 0.4) is 0 Å². The second kappa shape index (κ2) is 4.50. The van der Waals surface area contributed by atoms with Crippen molar-refractivity contribution in [3.05, 3.63) is 34.2 Å². The van der Waals surface area contributed by atoms with E-state index < -0.39 is 5.97 Å². The van der Waals surface area contributed by atoms with E-state index in [9.17, 15) is 9.70 Å². The summed E-state index contributed by atoms with van der Waals surface area (Å²) in [5.74, 6) is -0.421. The van der Waals surface area contributed by atoms with Crippen LogP contribution in [0.4, 0.5) is 5.69 Å². The molecule has 1 rings (SSSR count). The maximum atomic E-state index is 11.4. The number of carbonyl (C=O) groups is 1. The van der Waals surface area contributed by atoms with Crippen molar-refractivity contribution in [3.63, 3.8) is 0 Å². The molecule has 0 saturated heterocycles. The van der Waals surface area contributed by atoms with Crippen molar-refractivity contribution in [1.29, 1.82) is 0 Å². The summed E-state index contributed by atoms with van der Waals surface area (Å²) in [5, 5.41) is 2.82. The standard InChI is InChI=1S/C10H11NO3/c1-3-14-10(12)8-5-4-6-9(11-13)7(8)2/h4-6H,3H2,1-2H3. The summed E-state index contributed by atoms with van der Waals surface area (Å²) in [6.45, 7) is 3.72. The molecule has 0 amide bonds. The highest BCUT2D eigenvalue weighted by molar-refractivity contribution is 5.92. The molecule has 0 radical (unpaired) electrons. The van der Waals surface area contributed by atoms with Gasteiger partial charge in [-0.2, -0.15) is 0 Å². The van der Waals surface area contributed by atoms with Gasteiger partial charge in [-0.05, 0) is 36.7 Å². The minimum absolute atomic E-state index is 0.274. The minimum Gasteiger partial charge on any atom is -0.462 e. The lowest BCUT2D eigenvalue weighted by Gasteiger charge is -2.05. The first kappa shape index (κ1) is 10.4. The average molecular weight is 193 g/mol. The predicted molar refractivity (Wildman–Crippen MR) is 52.6 cm³/mol. The number of carbonyl (C=O) groups excluding carboxylic acids is 1. The van der Waals surface area contributed by atoms with Crippen LogP contribution >= 0.6 is 0 Å². The van der Waals surface area contributed by atoms with E-state index in [-0.39, 0.29) is 5.69 Å². The molecule has 1 aromatic carbocycles. The fourth-order valence-electron chi connectivity index (χ4n) is 1.15. The Labute approximate surface area is 81.9 Å². The second-order valence-electron chi connectivity index (χ2n) is 2.76. The topological polar surface area (TPSA) is 55.7 Å². The van der Waals surface area contributed by atoms with Crippen molar-refractivity contribution >= 4 is 11.7 Å². The molecule has 0 unspecified atom stereocenters. The first-order valence-corrected chi connectivity index (χ1v) is 4.30. The second-order valence-corrected chi connectivity index (χ2v) is 2.76. The summed E-state index contributed by atoms with van der Waals surface area (Å²) in [6, 6.07) is 4.78. The molecule has 0 aliphatic rings. The van der Waals surface area contributed by atoms with Gasteiger partial charge in [0.05, 0.1) is 12.2 Å². The van der Waals surface area contributed by atoms with Crippen molar-refractivity contribution in [2.45, 2.75) is 13.8 Å². The van der Waals surface area contributed by atoms with Crippen LogP contribution in [0, 0.1) is 11.8 Å². The van der Waals surface area contributed by atoms with Gasteiger partial charge in [0.15, 0.2) is 0 Å². The Kier molecular flexibility index (Phi) is 3.34. The molecule has 0 aliphatic carbocycles. The van der Waals surface area contributed by atoms with Crippen LogP contribution in [0.2, 0.25) is 0 Å². The molecule has 0 heterocycles. The number of ether oxygens (including phenoxy) is 1. The fourth-order valence-corrected chi connectivity index (χ4v) is 1.15. The van der Waals surface area contributed by atoms with Gasteiger partial charge in [0, 0.05) is 0 Å². The van der Waals surface area contributed by atoms with Crippen molar-refractivity contribution in [2.24, 2.45) is 5.18 Å². The molecule has 0 N–H and O–H groups in total. The molecule has 4 nitrogen and oxygen atoms in total. The number of hydrogen-bond acceptors (Lipinski definition) is 4. The molecule has 0 fully saturated rings. The summed E-state index contributed by atoms with van der Waals surface area (Å²) in [7, 11) is 0. The average Bonchev–Trinajstić information content (AvgIpc) is 2.18. The van der Waals surface area contributed by atoms with E-state index in [1.807, 2.05) is 0 Å². The number of rotatable bonds is 3. The van der Waals surface area contributed by atoms with Gasteiger partial charge in [-0.1, -0.05) is 6.07 Å². The van der Waals surface area contributed by atoms with Crippen molar-refractivity contribution in [2.75, 3.05) is 6.61 Å². The first-order valence-electron chi connectivity index (χ1n) is 4.30. The number of esters is 1. The SMILES string of the molecule is CCOC(=O)c1cccc(N=O)c1C. The van der Waals surface area contributed by atoms with Crippen LogP contribution in [0.15, 0.2) is 23.4 Å². The minimum atomic E-state index is -0.421. The highest BCUT2D eigenvalue weighted by Gasteiger charge is 2.12. The van der Waals surface area contributed by atoms with E-state index in [0.29, 0.717) is 17.7 Å². The molecule has 0 aromatic heterocycles. The highest BCUT2D eigenvalue weighted by Crippen LogP contribution is 2.21. The molecule has 0 aliphatic heterocycles. The Balaban J connectivity index is 3.09. The molecule has 4 heteroatoms. The van der Waals surface area contributed by atoms with Gasteiger partial charge in [-0.15, -0.1) is 4.91 Å². The summed E-state index contributed by atoms with van der Waals surface area (Å²) >= 11 is 0. The van der Waals surface area contributed by atoms with Crippen LogP contribution in [-0.4, -0.2) is 12.6 Å². The first-order chi connectivity index (χ1) is 6.70. The summed E-state index contributed by atoms with van der Waals surface area (Å²) < 4.78 is 4.83. The van der Waals surface area contributed by atoms with Gasteiger partial charge in [-0.3, -0.25) is 0 Å². The third-order valence-corrected chi connectivity index (χ3v) is 1.90. The molecule has 74 valence electrons. The Morgan fingerprint density at radius 2 is 2.21 bits per heavy atom. The van der Waals surface area contributed by atoms with E-state index in [4.69, 9.17) is 4.74 Å².